The van der Waals surface area contributed by atoms with E-state index in [0.717, 1.165) is 61.7 Å². The van der Waals surface area contributed by atoms with Crippen LogP contribution in [0.5, 0.6) is 0 Å². The molecule has 0 spiro atoms. The van der Waals surface area contributed by atoms with E-state index >= 15 is 0 Å². The lowest BCUT2D eigenvalue weighted by Gasteiger charge is -2.34. The summed E-state index contributed by atoms with van der Waals surface area (Å²) in [6.07, 6.45) is 2.66. The number of rotatable bonds is 5. The zero-order valence-electron chi connectivity index (χ0n) is 13.7. The predicted octanol–water partition coefficient (Wildman–Crippen LogP) is 1.83. The minimum atomic E-state index is 0.176. The second-order valence-electron chi connectivity index (χ2n) is 5.78. The minimum absolute atomic E-state index is 0.176. The third-order valence-electron chi connectivity index (χ3n) is 4.27. The molecule has 2 aromatic heterocycles. The van der Waals surface area contributed by atoms with E-state index in [0.29, 0.717) is 0 Å². The molecule has 6 nitrogen and oxygen atoms in total. The summed E-state index contributed by atoms with van der Waals surface area (Å²) in [4.78, 5) is 26.8. The smallest absolute Gasteiger partial charge is 0.219 e. The predicted molar refractivity (Wildman–Crippen MR) is 94.0 cm³/mol. The Hall–Kier alpha value is -1.73. The van der Waals surface area contributed by atoms with Crippen LogP contribution in [-0.4, -0.2) is 64.9 Å². The number of carbonyl (C=O) groups is 1. The summed E-state index contributed by atoms with van der Waals surface area (Å²) in [5, 5.41) is 4.56. The molecule has 7 heteroatoms. The Balaban J connectivity index is 1.53. The Kier molecular flexibility index (Phi) is 5.07. The van der Waals surface area contributed by atoms with Crippen LogP contribution in [0.25, 0.3) is 10.2 Å². The minimum Gasteiger partial charge on any atom is -0.368 e. The first kappa shape index (κ1) is 16.1. The van der Waals surface area contributed by atoms with Gasteiger partial charge in [-0.25, -0.2) is 9.97 Å². The Bertz CT molecular complexity index is 678. The van der Waals surface area contributed by atoms with Crippen molar-refractivity contribution in [3.63, 3.8) is 0 Å². The van der Waals surface area contributed by atoms with E-state index in [1.807, 2.05) is 4.90 Å². The monoisotopic (exact) mass is 333 g/mol. The molecular weight excluding hydrogens is 310 g/mol. The number of piperazine rings is 1. The van der Waals surface area contributed by atoms with Crippen molar-refractivity contribution in [3.8, 4) is 0 Å². The number of nitrogens with zero attached hydrogens (tertiary/aromatic N) is 4. The molecule has 124 valence electrons. The van der Waals surface area contributed by atoms with Gasteiger partial charge in [0.05, 0.1) is 5.39 Å². The molecule has 1 saturated heterocycles. The largest absolute Gasteiger partial charge is 0.368 e. The van der Waals surface area contributed by atoms with Gasteiger partial charge in [0.25, 0.3) is 0 Å². The average molecular weight is 333 g/mol. The summed E-state index contributed by atoms with van der Waals surface area (Å²) in [5.74, 6) is 1.10. The van der Waals surface area contributed by atoms with Gasteiger partial charge in [0.1, 0.15) is 17.0 Å². The van der Waals surface area contributed by atoms with Gasteiger partial charge in [-0.1, -0.05) is 6.92 Å². The molecule has 1 aliphatic heterocycles. The number of amides is 1. The number of thiophene rings is 1. The average Bonchev–Trinajstić information content (AvgIpc) is 2.99. The first-order valence-corrected chi connectivity index (χ1v) is 8.94. The molecule has 1 amide bonds. The third kappa shape index (κ3) is 3.79. The molecule has 0 atom stereocenters. The van der Waals surface area contributed by atoms with Crippen LogP contribution in [0.4, 0.5) is 5.82 Å². The number of aryl methyl sites for hydroxylation is 1. The fraction of sp³-hybridized carbons (Fsp3) is 0.562. The summed E-state index contributed by atoms with van der Waals surface area (Å²) in [6.45, 7) is 9.16. The Morgan fingerprint density at radius 3 is 2.78 bits per heavy atom. The highest BCUT2D eigenvalue weighted by Crippen LogP contribution is 2.28. The van der Waals surface area contributed by atoms with Gasteiger partial charge in [-0.2, -0.15) is 0 Å². The summed E-state index contributed by atoms with van der Waals surface area (Å²) in [5.41, 5.74) is 0. The molecule has 1 fully saturated rings. The molecular formula is C16H23N5OS. The highest BCUT2D eigenvalue weighted by molar-refractivity contribution is 7.18. The molecule has 0 unspecified atom stereocenters. The normalized spacial score (nSPS) is 16.0. The SMILES string of the molecule is CCc1cc2c(NCCN3CCN(C(C)=O)CC3)ncnc2s1. The lowest BCUT2D eigenvalue weighted by Crippen LogP contribution is -2.49. The molecule has 0 bridgehead atoms. The van der Waals surface area contributed by atoms with Crippen molar-refractivity contribution in [2.45, 2.75) is 20.3 Å². The topological polar surface area (TPSA) is 61.4 Å². The molecule has 23 heavy (non-hydrogen) atoms. The first-order chi connectivity index (χ1) is 11.2. The van der Waals surface area contributed by atoms with Crippen molar-refractivity contribution in [1.82, 2.24) is 19.8 Å². The van der Waals surface area contributed by atoms with Crippen LogP contribution in [0.15, 0.2) is 12.4 Å². The molecule has 0 radical (unpaired) electrons. The highest BCUT2D eigenvalue weighted by atomic mass is 32.1. The number of carbonyl (C=O) groups excluding carboxylic acids is 1. The van der Waals surface area contributed by atoms with E-state index in [1.165, 1.54) is 4.88 Å². The molecule has 0 aromatic carbocycles. The van der Waals surface area contributed by atoms with Crippen LogP contribution in [0.3, 0.4) is 0 Å². The standard InChI is InChI=1S/C16H23N5OS/c1-3-13-10-14-15(18-11-19-16(14)23-13)17-4-5-20-6-8-21(9-7-20)12(2)22/h10-11H,3-9H2,1-2H3,(H,17,18,19). The lowest BCUT2D eigenvalue weighted by atomic mass is 10.3. The van der Waals surface area contributed by atoms with E-state index in [2.05, 4.69) is 33.2 Å². The summed E-state index contributed by atoms with van der Waals surface area (Å²) >= 11 is 1.74. The van der Waals surface area contributed by atoms with Gasteiger partial charge >= 0.3 is 0 Å². The van der Waals surface area contributed by atoms with E-state index < -0.39 is 0 Å². The number of anilines is 1. The van der Waals surface area contributed by atoms with E-state index in [1.54, 1.807) is 24.6 Å². The van der Waals surface area contributed by atoms with Gasteiger partial charge < -0.3 is 10.2 Å². The number of aromatic nitrogens is 2. The van der Waals surface area contributed by atoms with Gasteiger partial charge in [0.2, 0.25) is 5.91 Å². The van der Waals surface area contributed by atoms with Crippen LogP contribution >= 0.6 is 11.3 Å². The van der Waals surface area contributed by atoms with E-state index in [9.17, 15) is 4.79 Å². The molecule has 0 saturated carbocycles. The number of nitrogens with one attached hydrogen (secondary N) is 1. The van der Waals surface area contributed by atoms with Crippen molar-refractivity contribution in [3.05, 3.63) is 17.3 Å². The van der Waals surface area contributed by atoms with Crippen LogP contribution in [0, 0.1) is 0 Å². The molecule has 1 aliphatic rings. The molecule has 2 aromatic rings. The molecule has 1 N–H and O–H groups in total. The Labute approximate surface area is 140 Å². The second-order valence-corrected chi connectivity index (χ2v) is 6.90. The van der Waals surface area contributed by atoms with E-state index in [4.69, 9.17) is 0 Å². The maximum absolute atomic E-state index is 11.3. The first-order valence-electron chi connectivity index (χ1n) is 8.12. The number of fused-ring (bicyclic) bond motifs is 1. The van der Waals surface area contributed by atoms with Crippen molar-refractivity contribution >= 4 is 33.3 Å². The van der Waals surface area contributed by atoms with Crippen LogP contribution in [0.1, 0.15) is 18.7 Å². The zero-order chi connectivity index (χ0) is 16.2. The fourth-order valence-electron chi connectivity index (χ4n) is 2.84. The van der Waals surface area contributed by atoms with Crippen LogP contribution < -0.4 is 5.32 Å². The molecule has 3 rings (SSSR count). The van der Waals surface area contributed by atoms with Crippen molar-refractivity contribution < 1.29 is 4.79 Å². The number of hydrogen-bond acceptors (Lipinski definition) is 6. The summed E-state index contributed by atoms with van der Waals surface area (Å²) in [7, 11) is 0. The van der Waals surface area contributed by atoms with Gasteiger partial charge in [0, 0.05) is 51.1 Å². The third-order valence-corrected chi connectivity index (χ3v) is 5.45. The van der Waals surface area contributed by atoms with Gasteiger partial charge in [-0.05, 0) is 12.5 Å². The molecule has 0 aliphatic carbocycles. The van der Waals surface area contributed by atoms with Crippen LogP contribution in [0.2, 0.25) is 0 Å². The van der Waals surface area contributed by atoms with Gasteiger partial charge in [-0.3, -0.25) is 9.69 Å². The Morgan fingerprint density at radius 1 is 1.30 bits per heavy atom. The van der Waals surface area contributed by atoms with Gasteiger partial charge in [0.15, 0.2) is 0 Å². The fourth-order valence-corrected chi connectivity index (χ4v) is 3.77. The van der Waals surface area contributed by atoms with Gasteiger partial charge in [-0.15, -0.1) is 11.3 Å². The van der Waals surface area contributed by atoms with Crippen molar-refractivity contribution in [2.75, 3.05) is 44.6 Å². The molecule has 3 heterocycles. The maximum Gasteiger partial charge on any atom is 0.219 e. The lowest BCUT2D eigenvalue weighted by molar-refractivity contribution is -0.130. The second kappa shape index (κ2) is 7.23. The summed E-state index contributed by atoms with van der Waals surface area (Å²) < 4.78 is 0. The van der Waals surface area contributed by atoms with Crippen molar-refractivity contribution in [1.29, 1.82) is 0 Å². The number of hydrogen-bond donors (Lipinski definition) is 1. The highest BCUT2D eigenvalue weighted by Gasteiger charge is 2.18. The zero-order valence-corrected chi connectivity index (χ0v) is 14.5. The van der Waals surface area contributed by atoms with Crippen molar-refractivity contribution in [2.24, 2.45) is 0 Å². The van der Waals surface area contributed by atoms with Crippen LogP contribution in [-0.2, 0) is 11.2 Å². The maximum atomic E-state index is 11.3. The van der Waals surface area contributed by atoms with E-state index in [-0.39, 0.29) is 5.91 Å². The quantitative estimate of drug-likeness (QED) is 0.904. The summed E-state index contributed by atoms with van der Waals surface area (Å²) in [6, 6.07) is 2.19. The Morgan fingerprint density at radius 2 is 2.09 bits per heavy atom.